The minimum absolute atomic E-state index is 0.217. The summed E-state index contributed by atoms with van der Waals surface area (Å²) in [6.07, 6.45) is 0.436. The van der Waals surface area contributed by atoms with Crippen molar-refractivity contribution in [3.05, 3.63) is 29.3 Å². The summed E-state index contributed by atoms with van der Waals surface area (Å²) < 4.78 is 31.6. The molecule has 3 nitrogen and oxygen atoms in total. The zero-order chi connectivity index (χ0) is 13.0. The van der Waals surface area contributed by atoms with Crippen molar-refractivity contribution in [2.75, 3.05) is 13.7 Å². The molecule has 94 valence electrons. The van der Waals surface area contributed by atoms with Gasteiger partial charge in [-0.3, -0.25) is 4.79 Å². The van der Waals surface area contributed by atoms with Gasteiger partial charge >= 0.3 is 0 Å². The highest BCUT2D eigenvalue weighted by Gasteiger charge is 2.20. The lowest BCUT2D eigenvalue weighted by Crippen LogP contribution is -2.17. The van der Waals surface area contributed by atoms with Gasteiger partial charge in [-0.15, -0.1) is 0 Å². The summed E-state index contributed by atoms with van der Waals surface area (Å²) >= 11 is 0. The lowest BCUT2D eigenvalue weighted by atomic mass is 9.96. The normalized spacial score (nSPS) is 12.3. The Kier molecular flexibility index (Phi) is 4.57. The molecule has 0 spiro atoms. The lowest BCUT2D eigenvalue weighted by Gasteiger charge is -2.11. The van der Waals surface area contributed by atoms with Crippen LogP contribution in [0, 0.1) is 17.6 Å². The van der Waals surface area contributed by atoms with E-state index in [4.69, 9.17) is 5.73 Å². The van der Waals surface area contributed by atoms with Gasteiger partial charge in [-0.05, 0) is 19.0 Å². The summed E-state index contributed by atoms with van der Waals surface area (Å²) in [5.41, 5.74) is 5.06. The van der Waals surface area contributed by atoms with Gasteiger partial charge in [-0.25, -0.2) is 8.78 Å². The zero-order valence-electron chi connectivity index (χ0n) is 9.80. The van der Waals surface area contributed by atoms with Crippen LogP contribution in [0.15, 0.2) is 12.1 Å². The van der Waals surface area contributed by atoms with Crippen LogP contribution in [0.2, 0.25) is 0 Å². The van der Waals surface area contributed by atoms with E-state index in [-0.39, 0.29) is 11.3 Å². The predicted molar refractivity (Wildman–Crippen MR) is 60.1 cm³/mol. The number of hydrogen-bond acceptors (Lipinski definition) is 3. The molecule has 0 aliphatic rings. The molecule has 0 radical (unpaired) electrons. The van der Waals surface area contributed by atoms with Gasteiger partial charge in [0, 0.05) is 12.0 Å². The molecule has 0 fully saturated rings. The van der Waals surface area contributed by atoms with Gasteiger partial charge in [-0.1, -0.05) is 6.92 Å². The van der Waals surface area contributed by atoms with Crippen molar-refractivity contribution >= 4 is 5.78 Å². The lowest BCUT2D eigenvalue weighted by molar-refractivity contribution is 0.0920. The van der Waals surface area contributed by atoms with E-state index in [9.17, 15) is 13.6 Å². The Labute approximate surface area is 98.6 Å². The standard InChI is InChI=1S/C12H15F2NO2/c1-7(3-4-15)12(16)8-5-10(14)11(17-2)6-9(8)13/h5-7H,3-4,15H2,1-2H3. The van der Waals surface area contributed by atoms with E-state index in [0.29, 0.717) is 13.0 Å². The Morgan fingerprint density at radius 1 is 1.41 bits per heavy atom. The highest BCUT2D eigenvalue weighted by Crippen LogP contribution is 2.23. The van der Waals surface area contributed by atoms with Crippen LogP contribution < -0.4 is 10.5 Å². The second-order valence-electron chi connectivity index (χ2n) is 3.81. The first-order valence-electron chi connectivity index (χ1n) is 5.28. The second-order valence-corrected chi connectivity index (χ2v) is 3.81. The third-order valence-electron chi connectivity index (χ3n) is 2.55. The van der Waals surface area contributed by atoms with Crippen molar-refractivity contribution in [1.82, 2.24) is 0 Å². The fourth-order valence-electron chi connectivity index (χ4n) is 1.52. The molecule has 1 aromatic rings. The number of rotatable bonds is 5. The predicted octanol–water partition coefficient (Wildman–Crippen LogP) is 2.14. The maximum absolute atomic E-state index is 13.6. The van der Waals surface area contributed by atoms with Crippen LogP contribution in [0.3, 0.4) is 0 Å². The van der Waals surface area contributed by atoms with Crippen molar-refractivity contribution in [3.63, 3.8) is 0 Å². The fourth-order valence-corrected chi connectivity index (χ4v) is 1.52. The fraction of sp³-hybridized carbons (Fsp3) is 0.417. The topological polar surface area (TPSA) is 52.3 Å². The molecule has 1 atom stereocenters. The summed E-state index contributed by atoms with van der Waals surface area (Å²) in [4.78, 5) is 11.8. The molecule has 0 bridgehead atoms. The number of benzene rings is 1. The van der Waals surface area contributed by atoms with E-state index in [2.05, 4.69) is 4.74 Å². The van der Waals surface area contributed by atoms with Gasteiger partial charge in [0.05, 0.1) is 12.7 Å². The van der Waals surface area contributed by atoms with Crippen molar-refractivity contribution in [3.8, 4) is 5.75 Å². The molecular weight excluding hydrogens is 228 g/mol. The SMILES string of the molecule is COc1cc(F)c(C(=O)C(C)CCN)cc1F. The Morgan fingerprint density at radius 3 is 2.59 bits per heavy atom. The van der Waals surface area contributed by atoms with Gasteiger partial charge in [0.2, 0.25) is 0 Å². The van der Waals surface area contributed by atoms with E-state index in [1.165, 1.54) is 7.11 Å². The monoisotopic (exact) mass is 243 g/mol. The van der Waals surface area contributed by atoms with Crippen LogP contribution in [-0.2, 0) is 0 Å². The van der Waals surface area contributed by atoms with Crippen molar-refractivity contribution in [1.29, 1.82) is 0 Å². The minimum Gasteiger partial charge on any atom is -0.494 e. The van der Waals surface area contributed by atoms with Crippen LogP contribution in [0.25, 0.3) is 0 Å². The number of halogens is 2. The number of nitrogens with two attached hydrogens (primary N) is 1. The molecule has 0 heterocycles. The molecule has 17 heavy (non-hydrogen) atoms. The number of ether oxygens (including phenoxy) is 1. The minimum atomic E-state index is -0.780. The summed E-state index contributed by atoms with van der Waals surface area (Å²) in [7, 11) is 1.23. The third-order valence-corrected chi connectivity index (χ3v) is 2.55. The number of ketones is 1. The zero-order valence-corrected chi connectivity index (χ0v) is 9.80. The molecule has 0 saturated carbocycles. The van der Waals surface area contributed by atoms with Crippen LogP contribution in [0.1, 0.15) is 23.7 Å². The van der Waals surface area contributed by atoms with E-state index in [0.717, 1.165) is 12.1 Å². The van der Waals surface area contributed by atoms with Crippen molar-refractivity contribution in [2.45, 2.75) is 13.3 Å². The molecule has 1 rings (SSSR count). The molecule has 0 aromatic heterocycles. The quantitative estimate of drug-likeness (QED) is 0.806. The average Bonchev–Trinajstić information content (AvgIpc) is 2.31. The second kappa shape index (κ2) is 5.72. The molecule has 0 aliphatic carbocycles. The van der Waals surface area contributed by atoms with Gasteiger partial charge in [0.25, 0.3) is 0 Å². The number of hydrogen-bond donors (Lipinski definition) is 1. The van der Waals surface area contributed by atoms with Gasteiger partial charge in [0.1, 0.15) is 5.82 Å². The highest BCUT2D eigenvalue weighted by atomic mass is 19.1. The highest BCUT2D eigenvalue weighted by molar-refractivity contribution is 5.98. The van der Waals surface area contributed by atoms with Gasteiger partial charge in [-0.2, -0.15) is 0 Å². The van der Waals surface area contributed by atoms with E-state index >= 15 is 0 Å². The Balaban J connectivity index is 3.06. The summed E-state index contributed by atoms with van der Waals surface area (Å²) in [5, 5.41) is 0. The largest absolute Gasteiger partial charge is 0.494 e. The molecule has 1 unspecified atom stereocenters. The third kappa shape index (κ3) is 3.00. The molecule has 0 aliphatic heterocycles. The number of carbonyl (C=O) groups excluding carboxylic acids is 1. The van der Waals surface area contributed by atoms with Gasteiger partial charge < -0.3 is 10.5 Å². The molecule has 0 saturated heterocycles. The van der Waals surface area contributed by atoms with Crippen LogP contribution in [0.5, 0.6) is 5.75 Å². The van der Waals surface area contributed by atoms with Crippen LogP contribution >= 0.6 is 0 Å². The first-order valence-corrected chi connectivity index (χ1v) is 5.28. The Hall–Kier alpha value is -1.49. The van der Waals surface area contributed by atoms with E-state index in [1.54, 1.807) is 6.92 Å². The van der Waals surface area contributed by atoms with Crippen molar-refractivity contribution in [2.24, 2.45) is 11.7 Å². The molecule has 1 aromatic carbocycles. The summed E-state index contributed by atoms with van der Waals surface area (Å²) in [6, 6.07) is 1.74. The summed E-state index contributed by atoms with van der Waals surface area (Å²) in [5.74, 6) is -2.63. The molecular formula is C12H15F2NO2. The van der Waals surface area contributed by atoms with Crippen LogP contribution in [-0.4, -0.2) is 19.4 Å². The maximum Gasteiger partial charge on any atom is 0.168 e. The Morgan fingerprint density at radius 2 is 2.06 bits per heavy atom. The Bertz CT molecular complexity index is 421. The first kappa shape index (κ1) is 13.6. The average molecular weight is 243 g/mol. The molecule has 2 N–H and O–H groups in total. The number of Topliss-reactive ketones (excluding diaryl/α,β-unsaturated/α-hetero) is 1. The van der Waals surface area contributed by atoms with Crippen molar-refractivity contribution < 1.29 is 18.3 Å². The molecule has 5 heteroatoms. The van der Waals surface area contributed by atoms with Gasteiger partial charge in [0.15, 0.2) is 17.3 Å². The molecule has 0 amide bonds. The number of carbonyl (C=O) groups is 1. The number of methoxy groups -OCH3 is 1. The smallest absolute Gasteiger partial charge is 0.168 e. The van der Waals surface area contributed by atoms with Crippen LogP contribution in [0.4, 0.5) is 8.78 Å². The summed E-state index contributed by atoms with van der Waals surface area (Å²) in [6.45, 7) is 1.96. The van der Waals surface area contributed by atoms with E-state index < -0.39 is 23.3 Å². The first-order chi connectivity index (χ1) is 8.01. The maximum atomic E-state index is 13.6. The van der Waals surface area contributed by atoms with E-state index in [1.807, 2.05) is 0 Å².